The van der Waals surface area contributed by atoms with Crippen LogP contribution >= 0.6 is 0 Å². The number of carbonyl (C=O) groups excluding carboxylic acids is 2. The Morgan fingerprint density at radius 3 is 2.00 bits per heavy atom. The summed E-state index contributed by atoms with van der Waals surface area (Å²) in [5, 5.41) is 20.4. The molecular formula is C8H20N2O4. The van der Waals surface area contributed by atoms with Crippen molar-refractivity contribution in [2.45, 2.75) is 32.6 Å². The van der Waals surface area contributed by atoms with E-state index in [2.05, 4.69) is 0 Å². The van der Waals surface area contributed by atoms with Crippen LogP contribution in [0.1, 0.15) is 32.6 Å². The van der Waals surface area contributed by atoms with Gasteiger partial charge in [-0.2, -0.15) is 0 Å². The fraction of sp³-hybridized carbons (Fsp3) is 0.750. The number of quaternary nitrogens is 2. The highest BCUT2D eigenvalue weighted by Gasteiger charge is 2.08. The summed E-state index contributed by atoms with van der Waals surface area (Å²) < 4.78 is 0. The molecule has 14 heavy (non-hydrogen) atoms. The van der Waals surface area contributed by atoms with Gasteiger partial charge in [-0.25, -0.2) is 0 Å². The van der Waals surface area contributed by atoms with E-state index in [0.717, 1.165) is 6.42 Å². The lowest BCUT2D eigenvalue weighted by Crippen LogP contribution is -2.36. The van der Waals surface area contributed by atoms with Crippen LogP contribution in [0.2, 0.25) is 0 Å². The molecule has 0 bridgehead atoms. The van der Waals surface area contributed by atoms with Gasteiger partial charge in [-0.1, -0.05) is 19.8 Å². The van der Waals surface area contributed by atoms with Crippen molar-refractivity contribution in [2.24, 2.45) is 5.92 Å². The molecule has 1 atom stereocenters. The zero-order chi connectivity index (χ0) is 9.56. The van der Waals surface area contributed by atoms with E-state index in [9.17, 15) is 19.8 Å². The second-order valence-corrected chi connectivity index (χ2v) is 2.73. The van der Waals surface area contributed by atoms with Crippen molar-refractivity contribution in [1.29, 1.82) is 0 Å². The van der Waals surface area contributed by atoms with E-state index in [-0.39, 0.29) is 12.3 Å². The van der Waals surface area contributed by atoms with E-state index >= 15 is 0 Å². The Hall–Kier alpha value is -1.14. The van der Waals surface area contributed by atoms with Gasteiger partial charge in [-0.05, 0) is 12.8 Å². The molecule has 6 heteroatoms. The van der Waals surface area contributed by atoms with E-state index in [4.69, 9.17) is 0 Å². The fourth-order valence-electron chi connectivity index (χ4n) is 0.955. The Bertz CT molecular complexity index is 173. The van der Waals surface area contributed by atoms with Gasteiger partial charge >= 0.3 is 0 Å². The van der Waals surface area contributed by atoms with Crippen LogP contribution in [0, 0.1) is 5.92 Å². The van der Waals surface area contributed by atoms with Gasteiger partial charge in [-0.15, -0.1) is 0 Å². The van der Waals surface area contributed by atoms with Gasteiger partial charge in [0.25, 0.3) is 0 Å². The largest absolute Gasteiger partial charge is 0.550 e. The van der Waals surface area contributed by atoms with Crippen LogP contribution in [0.15, 0.2) is 0 Å². The molecule has 0 aromatic carbocycles. The average Bonchev–Trinajstić information content (AvgIpc) is 1.96. The lowest BCUT2D eigenvalue weighted by atomic mass is 9.99. The number of rotatable bonds is 6. The molecule has 0 aliphatic heterocycles. The molecule has 0 aromatic heterocycles. The molecule has 0 amide bonds. The topological polar surface area (TPSA) is 153 Å². The van der Waals surface area contributed by atoms with Crippen molar-refractivity contribution in [3.8, 4) is 0 Å². The van der Waals surface area contributed by atoms with Crippen LogP contribution in [-0.2, 0) is 9.59 Å². The third-order valence-electron chi connectivity index (χ3n) is 1.65. The Kier molecular flexibility index (Phi) is 13.2. The monoisotopic (exact) mass is 208 g/mol. The number of aliphatic carboxylic acids is 2. The smallest absolute Gasteiger partial charge is 0.0449 e. The van der Waals surface area contributed by atoms with Crippen molar-refractivity contribution < 1.29 is 19.8 Å². The molecule has 6 nitrogen and oxygen atoms in total. The highest BCUT2D eigenvalue weighted by atomic mass is 16.4. The third kappa shape index (κ3) is 8.95. The molecular weight excluding hydrogens is 188 g/mol. The number of unbranched alkanes of at least 4 members (excludes halogenated alkanes) is 1. The summed E-state index contributed by atoms with van der Waals surface area (Å²) in [7, 11) is 0. The molecule has 0 aliphatic carbocycles. The van der Waals surface area contributed by atoms with Crippen molar-refractivity contribution in [1.82, 2.24) is 12.3 Å². The quantitative estimate of drug-likeness (QED) is 0.600. The third-order valence-corrected chi connectivity index (χ3v) is 1.65. The summed E-state index contributed by atoms with van der Waals surface area (Å²) in [6.45, 7) is 1.91. The maximum atomic E-state index is 10.3. The van der Waals surface area contributed by atoms with Gasteiger partial charge in [0, 0.05) is 17.9 Å². The lowest BCUT2D eigenvalue weighted by molar-refractivity contribution is -0.321. The maximum Gasteiger partial charge on any atom is 0.0449 e. The Morgan fingerprint density at radius 2 is 1.71 bits per heavy atom. The zero-order valence-electron chi connectivity index (χ0n) is 9.04. The van der Waals surface area contributed by atoms with Gasteiger partial charge in [0.05, 0.1) is 0 Å². The summed E-state index contributed by atoms with van der Waals surface area (Å²) in [6, 6.07) is 0. The average molecular weight is 208 g/mol. The summed E-state index contributed by atoms with van der Waals surface area (Å²) in [6.07, 6.45) is 1.46. The van der Waals surface area contributed by atoms with Gasteiger partial charge in [0.15, 0.2) is 0 Å². The van der Waals surface area contributed by atoms with Gasteiger partial charge < -0.3 is 32.1 Å². The first-order valence-electron chi connectivity index (χ1n) is 3.98. The Labute approximate surface area is 83.5 Å². The molecule has 0 fully saturated rings. The summed E-state index contributed by atoms with van der Waals surface area (Å²) >= 11 is 0. The molecule has 0 spiro atoms. The SMILES string of the molecule is CCCCC(CC(=O)[O-])C(=O)[O-].[NH4+].[NH4+]. The minimum atomic E-state index is -1.33. The van der Waals surface area contributed by atoms with Crippen LogP contribution in [0.5, 0.6) is 0 Å². The summed E-state index contributed by atoms with van der Waals surface area (Å²) in [4.78, 5) is 20.4. The fourth-order valence-corrected chi connectivity index (χ4v) is 0.955. The molecule has 0 saturated carbocycles. The second kappa shape index (κ2) is 9.94. The molecule has 0 aromatic rings. The molecule has 0 radical (unpaired) electrons. The zero-order valence-corrected chi connectivity index (χ0v) is 9.04. The molecule has 86 valence electrons. The number of hydrogen-bond donors (Lipinski definition) is 2. The molecule has 0 saturated heterocycles. The first-order valence-corrected chi connectivity index (χ1v) is 3.98. The molecule has 0 rings (SSSR count). The molecule has 0 aliphatic rings. The van der Waals surface area contributed by atoms with E-state index in [1.165, 1.54) is 0 Å². The van der Waals surface area contributed by atoms with Crippen LogP contribution in [-0.4, -0.2) is 11.9 Å². The highest BCUT2D eigenvalue weighted by molar-refractivity contribution is 5.75. The number of carboxylic acids is 2. The Morgan fingerprint density at radius 1 is 1.21 bits per heavy atom. The highest BCUT2D eigenvalue weighted by Crippen LogP contribution is 2.11. The minimum absolute atomic E-state index is 0. The predicted octanol–water partition coefficient (Wildman–Crippen LogP) is -0.565. The van der Waals surface area contributed by atoms with Crippen LogP contribution < -0.4 is 22.5 Å². The Balaban J connectivity index is -0.000000605. The van der Waals surface area contributed by atoms with Crippen molar-refractivity contribution in [3.63, 3.8) is 0 Å². The first-order chi connectivity index (χ1) is 5.57. The minimum Gasteiger partial charge on any atom is -0.550 e. The van der Waals surface area contributed by atoms with Crippen LogP contribution in [0.25, 0.3) is 0 Å². The second-order valence-electron chi connectivity index (χ2n) is 2.73. The van der Waals surface area contributed by atoms with E-state index in [0.29, 0.717) is 12.8 Å². The van der Waals surface area contributed by atoms with Gasteiger partial charge in [0.1, 0.15) is 0 Å². The standard InChI is InChI=1S/C8H14O4.2H3N/c1-2-3-4-6(8(11)12)5-7(9)10;;/h6H,2-5H2,1H3,(H,9,10)(H,11,12);2*1H3. The predicted molar refractivity (Wildman–Crippen MR) is 49.6 cm³/mol. The number of hydrogen-bond acceptors (Lipinski definition) is 4. The summed E-state index contributed by atoms with van der Waals surface area (Å²) in [5.74, 6) is -3.53. The van der Waals surface area contributed by atoms with Crippen molar-refractivity contribution in [2.75, 3.05) is 0 Å². The lowest BCUT2D eigenvalue weighted by Gasteiger charge is -2.17. The van der Waals surface area contributed by atoms with Crippen LogP contribution in [0.4, 0.5) is 0 Å². The van der Waals surface area contributed by atoms with E-state index in [1.54, 1.807) is 0 Å². The van der Waals surface area contributed by atoms with Crippen molar-refractivity contribution >= 4 is 11.9 Å². The van der Waals surface area contributed by atoms with Gasteiger partial charge in [0.2, 0.25) is 0 Å². The first kappa shape index (κ1) is 18.6. The maximum absolute atomic E-state index is 10.3. The molecule has 0 heterocycles. The van der Waals surface area contributed by atoms with Gasteiger partial charge in [-0.3, -0.25) is 0 Å². The number of carboxylic acid groups (broad SMARTS) is 2. The van der Waals surface area contributed by atoms with E-state index in [1.807, 2.05) is 6.92 Å². The molecule has 1 unspecified atom stereocenters. The van der Waals surface area contributed by atoms with Crippen LogP contribution in [0.3, 0.4) is 0 Å². The van der Waals surface area contributed by atoms with E-state index < -0.39 is 24.3 Å². The molecule has 8 N–H and O–H groups in total. The van der Waals surface area contributed by atoms with Crippen molar-refractivity contribution in [3.05, 3.63) is 0 Å². The summed E-state index contributed by atoms with van der Waals surface area (Å²) in [5.41, 5.74) is 0. The number of carbonyl (C=O) groups is 2. The normalized spacial score (nSPS) is 10.6.